The summed E-state index contributed by atoms with van der Waals surface area (Å²) < 4.78 is 25.2. The number of hydrogen-bond donors (Lipinski definition) is 2. The first-order chi connectivity index (χ1) is 11.4. The number of thiophene rings is 1. The van der Waals surface area contributed by atoms with Crippen molar-refractivity contribution in [2.24, 2.45) is 0 Å². The quantitative estimate of drug-likeness (QED) is 0.680. The van der Waals surface area contributed by atoms with Gasteiger partial charge in [-0.05, 0) is 25.1 Å². The van der Waals surface area contributed by atoms with Crippen molar-refractivity contribution >= 4 is 49.0 Å². The maximum absolute atomic E-state index is 12.3. The van der Waals surface area contributed by atoms with Crippen LogP contribution in [0.25, 0.3) is 10.1 Å². The predicted molar refractivity (Wildman–Crippen MR) is 95.8 cm³/mol. The topological polar surface area (TPSA) is 75.3 Å². The molecule has 124 valence electrons. The van der Waals surface area contributed by atoms with E-state index in [1.54, 1.807) is 18.2 Å². The van der Waals surface area contributed by atoms with Crippen LogP contribution in [0.3, 0.4) is 0 Å². The monoisotopic (exact) mass is 380 g/mol. The number of carbonyl (C=O) groups excluding carboxylic acids is 1. The van der Waals surface area contributed by atoms with Crippen LogP contribution >= 0.6 is 22.9 Å². The average molecular weight is 381 g/mol. The number of hydrazine groups is 1. The van der Waals surface area contributed by atoms with E-state index in [9.17, 15) is 13.2 Å². The third kappa shape index (κ3) is 3.29. The molecule has 0 unspecified atom stereocenters. The molecule has 0 saturated heterocycles. The maximum Gasteiger partial charge on any atom is 0.277 e. The molecule has 0 spiro atoms. The van der Waals surface area contributed by atoms with Crippen LogP contribution in [-0.4, -0.2) is 14.3 Å². The van der Waals surface area contributed by atoms with Gasteiger partial charge in [0.1, 0.15) is 4.88 Å². The Morgan fingerprint density at radius 2 is 1.75 bits per heavy atom. The molecule has 2 N–H and O–H groups in total. The minimum atomic E-state index is -3.84. The number of sulfonamides is 1. The van der Waals surface area contributed by atoms with Crippen LogP contribution in [0.2, 0.25) is 5.02 Å². The molecule has 24 heavy (non-hydrogen) atoms. The van der Waals surface area contributed by atoms with Gasteiger partial charge in [-0.1, -0.05) is 47.5 Å². The van der Waals surface area contributed by atoms with E-state index in [0.29, 0.717) is 5.02 Å². The van der Waals surface area contributed by atoms with Crippen molar-refractivity contribution in [1.29, 1.82) is 0 Å². The fraction of sp³-hybridized carbons (Fsp3) is 0.0625. The summed E-state index contributed by atoms with van der Waals surface area (Å²) in [5.74, 6) is -0.600. The van der Waals surface area contributed by atoms with Gasteiger partial charge in [0.15, 0.2) is 0 Å². The number of hydrogen-bond acceptors (Lipinski definition) is 4. The second-order valence-corrected chi connectivity index (χ2v) is 8.23. The summed E-state index contributed by atoms with van der Waals surface area (Å²) in [7, 11) is -3.84. The molecule has 1 heterocycles. The number of amides is 1. The highest BCUT2D eigenvalue weighted by Crippen LogP contribution is 2.34. The molecule has 3 rings (SSSR count). The molecule has 0 saturated carbocycles. The van der Waals surface area contributed by atoms with Crippen LogP contribution in [-0.2, 0) is 10.0 Å². The predicted octanol–water partition coefficient (Wildman–Crippen LogP) is 3.49. The summed E-state index contributed by atoms with van der Waals surface area (Å²) in [5, 5.41) is 1.07. The molecule has 5 nitrogen and oxygen atoms in total. The SMILES string of the molecule is Cc1ccc(S(=O)(=O)NNC(=O)c2sc3ccccc3c2Cl)cc1. The third-order valence-corrected chi connectivity index (χ3v) is 6.31. The Labute approximate surface area is 148 Å². The van der Waals surface area contributed by atoms with Crippen molar-refractivity contribution in [3.8, 4) is 0 Å². The molecule has 1 aromatic heterocycles. The van der Waals surface area contributed by atoms with Gasteiger partial charge >= 0.3 is 0 Å². The van der Waals surface area contributed by atoms with Gasteiger partial charge in [-0.3, -0.25) is 10.2 Å². The van der Waals surface area contributed by atoms with Crippen molar-refractivity contribution in [2.75, 3.05) is 0 Å². The lowest BCUT2D eigenvalue weighted by atomic mass is 10.2. The van der Waals surface area contributed by atoms with Crippen LogP contribution in [0.1, 0.15) is 15.2 Å². The van der Waals surface area contributed by atoms with Gasteiger partial charge in [0, 0.05) is 10.1 Å². The van der Waals surface area contributed by atoms with Gasteiger partial charge in [-0.25, -0.2) is 8.42 Å². The van der Waals surface area contributed by atoms with E-state index in [0.717, 1.165) is 15.6 Å². The van der Waals surface area contributed by atoms with Gasteiger partial charge in [-0.2, -0.15) is 0 Å². The number of carbonyl (C=O) groups is 1. The molecule has 1 amide bonds. The lowest BCUT2D eigenvalue weighted by Crippen LogP contribution is -2.41. The number of rotatable bonds is 4. The Kier molecular flexibility index (Phi) is 4.60. The van der Waals surface area contributed by atoms with E-state index >= 15 is 0 Å². The lowest BCUT2D eigenvalue weighted by molar-refractivity contribution is 0.0949. The highest BCUT2D eigenvalue weighted by atomic mass is 35.5. The first-order valence-corrected chi connectivity index (χ1v) is 9.62. The minimum Gasteiger partial charge on any atom is -0.273 e. The molecule has 3 aromatic rings. The van der Waals surface area contributed by atoms with Crippen molar-refractivity contribution in [2.45, 2.75) is 11.8 Å². The minimum absolute atomic E-state index is 0.0656. The second-order valence-electron chi connectivity index (χ2n) is 5.11. The maximum atomic E-state index is 12.3. The Morgan fingerprint density at radius 3 is 2.42 bits per heavy atom. The molecule has 0 atom stereocenters. The summed E-state index contributed by atoms with van der Waals surface area (Å²) in [6.07, 6.45) is 0. The second kappa shape index (κ2) is 6.52. The standard InChI is InChI=1S/C16H13ClN2O3S2/c1-10-6-8-11(9-7-10)24(21,22)19-18-16(20)15-14(17)12-4-2-3-5-13(12)23-15/h2-9,19H,1H3,(H,18,20). The molecule has 0 aliphatic rings. The van der Waals surface area contributed by atoms with Crippen molar-refractivity contribution in [3.05, 3.63) is 64.0 Å². The highest BCUT2D eigenvalue weighted by Gasteiger charge is 2.20. The Bertz CT molecular complexity index is 1010. The van der Waals surface area contributed by atoms with E-state index in [1.165, 1.54) is 23.5 Å². The van der Waals surface area contributed by atoms with E-state index in [-0.39, 0.29) is 9.77 Å². The van der Waals surface area contributed by atoms with Crippen molar-refractivity contribution in [3.63, 3.8) is 0 Å². The number of fused-ring (bicyclic) bond motifs is 1. The molecular formula is C16H13ClN2O3S2. The molecule has 0 fully saturated rings. The van der Waals surface area contributed by atoms with Gasteiger partial charge in [0.25, 0.3) is 15.9 Å². The van der Waals surface area contributed by atoms with Crippen LogP contribution < -0.4 is 10.3 Å². The normalized spacial score (nSPS) is 11.6. The summed E-state index contributed by atoms with van der Waals surface area (Å²) in [6, 6.07) is 13.6. The van der Waals surface area contributed by atoms with Gasteiger partial charge in [-0.15, -0.1) is 16.2 Å². The van der Waals surface area contributed by atoms with Gasteiger partial charge < -0.3 is 0 Å². The molecule has 2 aromatic carbocycles. The smallest absolute Gasteiger partial charge is 0.273 e. The van der Waals surface area contributed by atoms with E-state index in [2.05, 4.69) is 10.3 Å². The zero-order valence-electron chi connectivity index (χ0n) is 12.5. The summed E-state index contributed by atoms with van der Waals surface area (Å²) in [4.78, 5) is 14.7. The van der Waals surface area contributed by atoms with E-state index in [4.69, 9.17) is 11.6 Å². The van der Waals surface area contributed by atoms with E-state index < -0.39 is 15.9 Å². The largest absolute Gasteiger partial charge is 0.277 e. The molecule has 0 aliphatic heterocycles. The average Bonchev–Trinajstić information content (AvgIpc) is 2.91. The number of aryl methyl sites for hydroxylation is 1. The van der Waals surface area contributed by atoms with Crippen molar-refractivity contribution < 1.29 is 13.2 Å². The zero-order valence-corrected chi connectivity index (χ0v) is 14.9. The number of halogens is 1. The van der Waals surface area contributed by atoms with Crippen molar-refractivity contribution in [1.82, 2.24) is 10.3 Å². The Balaban J connectivity index is 1.79. The Morgan fingerprint density at radius 1 is 1.08 bits per heavy atom. The fourth-order valence-corrected chi connectivity index (χ4v) is 4.36. The third-order valence-electron chi connectivity index (χ3n) is 3.37. The summed E-state index contributed by atoms with van der Waals surface area (Å²) >= 11 is 7.41. The summed E-state index contributed by atoms with van der Waals surface area (Å²) in [5.41, 5.74) is 3.14. The molecule has 8 heteroatoms. The molecule has 0 aliphatic carbocycles. The molecular weight excluding hydrogens is 368 g/mol. The number of benzene rings is 2. The lowest BCUT2D eigenvalue weighted by Gasteiger charge is -2.08. The fourth-order valence-electron chi connectivity index (χ4n) is 2.11. The highest BCUT2D eigenvalue weighted by molar-refractivity contribution is 7.89. The van der Waals surface area contributed by atoms with Gasteiger partial charge in [0.05, 0.1) is 9.92 Å². The number of nitrogens with one attached hydrogen (secondary N) is 2. The van der Waals surface area contributed by atoms with E-state index in [1.807, 2.05) is 25.1 Å². The van der Waals surface area contributed by atoms with Crippen LogP contribution in [0.5, 0.6) is 0 Å². The first-order valence-electron chi connectivity index (χ1n) is 6.94. The Hall–Kier alpha value is -1.93. The molecule has 0 radical (unpaired) electrons. The first kappa shape index (κ1) is 16.9. The zero-order chi connectivity index (χ0) is 17.3. The van der Waals surface area contributed by atoms with Crippen LogP contribution in [0, 0.1) is 6.92 Å². The van der Waals surface area contributed by atoms with Gasteiger partial charge in [0.2, 0.25) is 0 Å². The van der Waals surface area contributed by atoms with Crippen LogP contribution in [0.4, 0.5) is 0 Å². The summed E-state index contributed by atoms with van der Waals surface area (Å²) in [6.45, 7) is 1.86. The molecule has 0 bridgehead atoms. The van der Waals surface area contributed by atoms with Crippen LogP contribution in [0.15, 0.2) is 53.4 Å².